The normalized spacial score (nSPS) is 10.0. The van der Waals surface area contributed by atoms with Crippen molar-refractivity contribution in [2.45, 2.75) is 6.54 Å². The number of methoxy groups -OCH3 is 1. The summed E-state index contributed by atoms with van der Waals surface area (Å²) in [5.74, 6) is 0.185. The Bertz CT molecular complexity index is 779. The van der Waals surface area contributed by atoms with Gasteiger partial charge in [-0.15, -0.1) is 0 Å². The third-order valence-corrected chi connectivity index (χ3v) is 3.36. The Morgan fingerprint density at radius 3 is 2.57 bits per heavy atom. The lowest BCUT2D eigenvalue weighted by Crippen LogP contribution is -2.28. The quantitative estimate of drug-likeness (QED) is 0.896. The van der Waals surface area contributed by atoms with Crippen LogP contribution in [0.5, 0.6) is 5.75 Å². The van der Waals surface area contributed by atoms with Crippen molar-refractivity contribution < 1.29 is 9.53 Å². The molecule has 23 heavy (non-hydrogen) atoms. The molecule has 2 rings (SSSR count). The lowest BCUT2D eigenvalue weighted by Gasteiger charge is -2.08. The van der Waals surface area contributed by atoms with Crippen molar-refractivity contribution in [2.24, 2.45) is 0 Å². The minimum Gasteiger partial charge on any atom is -0.497 e. The third-order valence-electron chi connectivity index (χ3n) is 3.05. The lowest BCUT2D eigenvalue weighted by atomic mass is 10.2. The van der Waals surface area contributed by atoms with Crippen LogP contribution in [0.25, 0.3) is 0 Å². The first-order valence-electron chi connectivity index (χ1n) is 6.67. The van der Waals surface area contributed by atoms with Crippen molar-refractivity contribution >= 4 is 34.8 Å². The molecule has 0 radical (unpaired) electrons. The Morgan fingerprint density at radius 1 is 1.26 bits per heavy atom. The fourth-order valence-corrected chi connectivity index (χ4v) is 2.03. The maximum Gasteiger partial charge on any atom is 0.263 e. The summed E-state index contributed by atoms with van der Waals surface area (Å²) in [6, 6.07) is 9.88. The van der Waals surface area contributed by atoms with E-state index in [0.717, 1.165) is 0 Å². The van der Waals surface area contributed by atoms with Gasteiger partial charge in [0.05, 0.1) is 7.11 Å². The Balaban J connectivity index is 2.20. The van der Waals surface area contributed by atoms with Gasteiger partial charge >= 0.3 is 0 Å². The second kappa shape index (κ2) is 7.85. The molecule has 7 heteroatoms. The number of allylic oxidation sites excluding steroid dienone is 1. The minimum absolute atomic E-state index is 0.0300. The smallest absolute Gasteiger partial charge is 0.263 e. The minimum atomic E-state index is -0.490. The number of hydrogen-bond acceptors (Lipinski definition) is 3. The summed E-state index contributed by atoms with van der Waals surface area (Å²) in [5.41, 5.74) is 0.168. The van der Waals surface area contributed by atoms with Gasteiger partial charge in [0.2, 0.25) is 0 Å². The summed E-state index contributed by atoms with van der Waals surface area (Å²) in [7, 11) is 1.56. The van der Waals surface area contributed by atoms with E-state index in [-0.39, 0.29) is 16.6 Å². The molecule has 2 aromatic rings. The summed E-state index contributed by atoms with van der Waals surface area (Å²) in [6.07, 6.45) is 3.02. The number of halogens is 2. The molecular formula is C16H14Cl2N2O3. The van der Waals surface area contributed by atoms with Crippen molar-refractivity contribution in [2.75, 3.05) is 12.4 Å². The van der Waals surface area contributed by atoms with Crippen LogP contribution in [-0.4, -0.2) is 17.6 Å². The van der Waals surface area contributed by atoms with E-state index in [0.29, 0.717) is 11.4 Å². The number of rotatable bonds is 5. The van der Waals surface area contributed by atoms with E-state index in [4.69, 9.17) is 27.9 Å². The van der Waals surface area contributed by atoms with Crippen LogP contribution in [-0.2, 0) is 6.54 Å². The van der Waals surface area contributed by atoms with E-state index in [1.54, 1.807) is 43.6 Å². The van der Waals surface area contributed by atoms with Gasteiger partial charge in [0.25, 0.3) is 11.5 Å². The van der Waals surface area contributed by atoms with E-state index in [9.17, 15) is 9.59 Å². The van der Waals surface area contributed by atoms with Crippen LogP contribution >= 0.6 is 23.2 Å². The zero-order chi connectivity index (χ0) is 16.8. The number of anilines is 1. The molecule has 1 amide bonds. The molecule has 1 N–H and O–H groups in total. The maximum absolute atomic E-state index is 12.3. The SMILES string of the molecule is COc1ccc(NC(=O)c2cccn(CC=C(Cl)Cl)c2=O)cc1. The molecule has 0 bridgehead atoms. The average molecular weight is 353 g/mol. The third kappa shape index (κ3) is 4.61. The summed E-state index contributed by atoms with van der Waals surface area (Å²) in [4.78, 5) is 24.5. The number of ether oxygens (including phenoxy) is 1. The molecule has 0 atom stereocenters. The Morgan fingerprint density at radius 2 is 1.96 bits per heavy atom. The van der Waals surface area contributed by atoms with E-state index in [1.165, 1.54) is 16.7 Å². The first-order chi connectivity index (χ1) is 11.0. The van der Waals surface area contributed by atoms with Crippen LogP contribution in [0.4, 0.5) is 5.69 Å². The molecular weight excluding hydrogens is 339 g/mol. The van der Waals surface area contributed by atoms with Gasteiger partial charge in [0, 0.05) is 18.4 Å². The van der Waals surface area contributed by atoms with Crippen molar-refractivity contribution in [3.8, 4) is 5.75 Å². The predicted molar refractivity (Wildman–Crippen MR) is 91.4 cm³/mol. The molecule has 120 valence electrons. The highest BCUT2D eigenvalue weighted by Gasteiger charge is 2.12. The number of amides is 1. The number of pyridine rings is 1. The first-order valence-corrected chi connectivity index (χ1v) is 7.43. The highest BCUT2D eigenvalue weighted by atomic mass is 35.5. The predicted octanol–water partition coefficient (Wildman–Crippen LogP) is 3.43. The van der Waals surface area contributed by atoms with Crippen LogP contribution in [0.15, 0.2) is 58.0 Å². The summed E-state index contributed by atoms with van der Waals surface area (Å²) in [6.45, 7) is 0.185. The van der Waals surface area contributed by atoms with Crippen LogP contribution in [0.1, 0.15) is 10.4 Å². The van der Waals surface area contributed by atoms with Gasteiger partial charge in [-0.3, -0.25) is 9.59 Å². The topological polar surface area (TPSA) is 60.3 Å². The zero-order valence-corrected chi connectivity index (χ0v) is 13.8. The van der Waals surface area contributed by atoms with Gasteiger partial charge in [-0.05, 0) is 42.5 Å². The second-order valence-electron chi connectivity index (χ2n) is 4.56. The fraction of sp³-hybridized carbons (Fsp3) is 0.125. The van der Waals surface area contributed by atoms with Crippen molar-refractivity contribution in [1.29, 1.82) is 0 Å². The van der Waals surface area contributed by atoms with Crippen LogP contribution in [0.2, 0.25) is 0 Å². The molecule has 0 unspecified atom stereocenters. The van der Waals surface area contributed by atoms with Crippen molar-refractivity contribution in [3.63, 3.8) is 0 Å². The molecule has 1 aromatic heterocycles. The highest BCUT2D eigenvalue weighted by Crippen LogP contribution is 2.15. The molecule has 0 saturated heterocycles. The number of carbonyl (C=O) groups is 1. The molecule has 0 spiro atoms. The zero-order valence-electron chi connectivity index (χ0n) is 12.3. The largest absolute Gasteiger partial charge is 0.497 e. The lowest BCUT2D eigenvalue weighted by molar-refractivity contribution is 0.102. The van der Waals surface area contributed by atoms with Crippen molar-refractivity contribution in [1.82, 2.24) is 4.57 Å². The Kier molecular flexibility index (Phi) is 5.84. The molecule has 0 aliphatic rings. The molecule has 5 nitrogen and oxygen atoms in total. The van der Waals surface area contributed by atoms with Crippen LogP contribution < -0.4 is 15.6 Å². The van der Waals surface area contributed by atoms with Gasteiger partial charge in [0.1, 0.15) is 15.8 Å². The molecule has 0 fully saturated rings. The molecule has 0 aliphatic heterocycles. The highest BCUT2D eigenvalue weighted by molar-refractivity contribution is 6.55. The number of benzene rings is 1. The fourth-order valence-electron chi connectivity index (χ4n) is 1.89. The maximum atomic E-state index is 12.3. The van der Waals surface area contributed by atoms with Crippen molar-refractivity contribution in [3.05, 3.63) is 69.1 Å². The summed E-state index contributed by atoms with van der Waals surface area (Å²) < 4.78 is 6.45. The van der Waals surface area contributed by atoms with Gasteiger partial charge in [0.15, 0.2) is 0 Å². The Hall–Kier alpha value is -2.24. The summed E-state index contributed by atoms with van der Waals surface area (Å²) in [5, 5.41) is 2.67. The molecule has 0 aliphatic carbocycles. The molecule has 1 aromatic carbocycles. The van der Waals surface area contributed by atoms with Gasteiger partial charge in [-0.1, -0.05) is 23.2 Å². The summed E-state index contributed by atoms with van der Waals surface area (Å²) >= 11 is 11.1. The number of nitrogens with zero attached hydrogens (tertiary/aromatic N) is 1. The number of hydrogen-bond donors (Lipinski definition) is 1. The standard InChI is InChI=1S/C16H14Cl2N2O3/c1-23-12-6-4-11(5-7-12)19-15(21)13-3-2-9-20(16(13)22)10-8-14(17)18/h2-9H,10H2,1H3,(H,19,21). The van der Waals surface area contributed by atoms with E-state index in [1.807, 2.05) is 0 Å². The average Bonchev–Trinajstić information content (AvgIpc) is 2.54. The van der Waals surface area contributed by atoms with Gasteiger partial charge in [-0.25, -0.2) is 0 Å². The second-order valence-corrected chi connectivity index (χ2v) is 5.56. The van der Waals surface area contributed by atoms with Gasteiger partial charge < -0.3 is 14.6 Å². The first kappa shape index (κ1) is 17.1. The van der Waals surface area contributed by atoms with E-state index < -0.39 is 11.5 Å². The monoisotopic (exact) mass is 352 g/mol. The van der Waals surface area contributed by atoms with E-state index >= 15 is 0 Å². The van der Waals surface area contributed by atoms with Crippen LogP contribution in [0.3, 0.4) is 0 Å². The van der Waals surface area contributed by atoms with Gasteiger partial charge in [-0.2, -0.15) is 0 Å². The number of nitrogens with one attached hydrogen (secondary N) is 1. The number of carbonyl (C=O) groups excluding carboxylic acids is 1. The number of aromatic nitrogens is 1. The Labute approximate surface area is 143 Å². The molecule has 1 heterocycles. The van der Waals surface area contributed by atoms with Crippen LogP contribution in [0, 0.1) is 0 Å². The van der Waals surface area contributed by atoms with E-state index in [2.05, 4.69) is 5.32 Å². The molecule has 0 saturated carbocycles.